The maximum atomic E-state index is 5.41. The molecule has 0 fully saturated rings. The fourth-order valence-corrected chi connectivity index (χ4v) is 1.98. The van der Waals surface area contributed by atoms with Gasteiger partial charge in [0.15, 0.2) is 0 Å². The van der Waals surface area contributed by atoms with Crippen molar-refractivity contribution in [1.82, 2.24) is 4.90 Å². The molecule has 0 atom stereocenters. The Morgan fingerprint density at radius 2 is 1.89 bits per heavy atom. The van der Waals surface area contributed by atoms with Gasteiger partial charge in [-0.2, -0.15) is 0 Å². The van der Waals surface area contributed by atoms with E-state index in [2.05, 4.69) is 24.9 Å². The number of unbranched alkanes of at least 4 members (excludes halogenated alkanes) is 2. The molecule has 0 saturated carbocycles. The van der Waals surface area contributed by atoms with Gasteiger partial charge in [0.2, 0.25) is 0 Å². The van der Waals surface area contributed by atoms with Gasteiger partial charge in [0.05, 0.1) is 14.2 Å². The zero-order valence-corrected chi connectivity index (χ0v) is 12.0. The highest BCUT2D eigenvalue weighted by atomic mass is 16.5. The maximum Gasteiger partial charge on any atom is 0.127 e. The molecular formula is C15H25NO2. The van der Waals surface area contributed by atoms with Crippen molar-refractivity contribution in [3.8, 4) is 11.5 Å². The molecule has 3 heteroatoms. The number of methoxy groups -OCH3 is 2. The van der Waals surface area contributed by atoms with Crippen LogP contribution in [0.15, 0.2) is 18.2 Å². The monoisotopic (exact) mass is 251 g/mol. The van der Waals surface area contributed by atoms with Crippen LogP contribution in [0.3, 0.4) is 0 Å². The molecule has 1 rings (SSSR count). The Morgan fingerprint density at radius 3 is 2.50 bits per heavy atom. The summed E-state index contributed by atoms with van der Waals surface area (Å²) in [5.74, 6) is 1.74. The highest BCUT2D eigenvalue weighted by Gasteiger charge is 2.07. The molecule has 0 aliphatic rings. The quantitative estimate of drug-likeness (QED) is 0.662. The summed E-state index contributed by atoms with van der Waals surface area (Å²) < 4.78 is 10.6. The van der Waals surface area contributed by atoms with Gasteiger partial charge in [-0.25, -0.2) is 0 Å². The van der Waals surface area contributed by atoms with Crippen molar-refractivity contribution in [2.24, 2.45) is 0 Å². The second kappa shape index (κ2) is 7.98. The van der Waals surface area contributed by atoms with Crippen LogP contribution in [0, 0.1) is 0 Å². The fourth-order valence-electron chi connectivity index (χ4n) is 1.98. The van der Waals surface area contributed by atoms with Crippen LogP contribution in [0.5, 0.6) is 11.5 Å². The molecule has 0 amide bonds. The molecule has 0 saturated heterocycles. The summed E-state index contributed by atoms with van der Waals surface area (Å²) >= 11 is 0. The van der Waals surface area contributed by atoms with E-state index in [1.54, 1.807) is 14.2 Å². The van der Waals surface area contributed by atoms with Crippen molar-refractivity contribution in [3.05, 3.63) is 23.8 Å². The summed E-state index contributed by atoms with van der Waals surface area (Å²) in [6.45, 7) is 4.27. The van der Waals surface area contributed by atoms with Crippen LogP contribution in [0.2, 0.25) is 0 Å². The average molecular weight is 251 g/mol. The van der Waals surface area contributed by atoms with E-state index in [-0.39, 0.29) is 0 Å². The normalized spacial score (nSPS) is 10.7. The predicted molar refractivity (Wildman–Crippen MR) is 75.4 cm³/mol. The molecule has 0 aliphatic heterocycles. The Morgan fingerprint density at radius 1 is 1.11 bits per heavy atom. The molecule has 0 radical (unpaired) electrons. The summed E-state index contributed by atoms with van der Waals surface area (Å²) in [5.41, 5.74) is 1.21. The Bertz CT molecular complexity index is 352. The Hall–Kier alpha value is -1.22. The number of benzene rings is 1. The van der Waals surface area contributed by atoms with Gasteiger partial charge in [-0.05, 0) is 26.1 Å². The Balaban J connectivity index is 2.60. The lowest BCUT2D eigenvalue weighted by Gasteiger charge is -2.18. The van der Waals surface area contributed by atoms with Crippen molar-refractivity contribution < 1.29 is 9.47 Å². The summed E-state index contributed by atoms with van der Waals surface area (Å²) in [4.78, 5) is 2.33. The van der Waals surface area contributed by atoms with Crippen LogP contribution in [-0.2, 0) is 6.54 Å². The van der Waals surface area contributed by atoms with Crippen molar-refractivity contribution in [3.63, 3.8) is 0 Å². The first-order chi connectivity index (χ1) is 8.71. The minimum atomic E-state index is 0.837. The number of ether oxygens (including phenoxy) is 2. The molecule has 0 aliphatic carbocycles. The lowest BCUT2D eigenvalue weighted by atomic mass is 10.1. The van der Waals surface area contributed by atoms with Crippen LogP contribution >= 0.6 is 0 Å². The average Bonchev–Trinajstić information content (AvgIpc) is 2.39. The van der Waals surface area contributed by atoms with Gasteiger partial charge in [0.25, 0.3) is 0 Å². The molecule has 18 heavy (non-hydrogen) atoms. The van der Waals surface area contributed by atoms with Crippen molar-refractivity contribution in [1.29, 1.82) is 0 Å². The summed E-state index contributed by atoms with van der Waals surface area (Å²) in [6, 6.07) is 6.00. The van der Waals surface area contributed by atoms with Crippen LogP contribution in [0.25, 0.3) is 0 Å². The van der Waals surface area contributed by atoms with Gasteiger partial charge in [0, 0.05) is 18.2 Å². The Labute approximate surface area is 111 Å². The van der Waals surface area contributed by atoms with Crippen molar-refractivity contribution >= 4 is 0 Å². The van der Waals surface area contributed by atoms with Gasteiger partial charge in [-0.1, -0.05) is 25.8 Å². The number of nitrogens with zero attached hydrogens (tertiary/aromatic N) is 1. The van der Waals surface area contributed by atoms with Crippen molar-refractivity contribution in [2.75, 3.05) is 27.8 Å². The molecule has 1 aromatic carbocycles. The van der Waals surface area contributed by atoms with Gasteiger partial charge in [0.1, 0.15) is 11.5 Å². The lowest BCUT2D eigenvalue weighted by Crippen LogP contribution is -2.19. The summed E-state index contributed by atoms with van der Waals surface area (Å²) in [6.07, 6.45) is 3.81. The van der Waals surface area contributed by atoms with Gasteiger partial charge >= 0.3 is 0 Å². The van der Waals surface area contributed by atoms with E-state index in [9.17, 15) is 0 Å². The van der Waals surface area contributed by atoms with E-state index in [4.69, 9.17) is 9.47 Å². The van der Waals surface area contributed by atoms with Gasteiger partial charge in [-0.3, -0.25) is 0 Å². The molecule has 102 valence electrons. The molecule has 0 unspecified atom stereocenters. The van der Waals surface area contributed by atoms with E-state index in [1.165, 1.54) is 24.8 Å². The molecule has 3 nitrogen and oxygen atoms in total. The lowest BCUT2D eigenvalue weighted by molar-refractivity contribution is 0.309. The van der Waals surface area contributed by atoms with Crippen LogP contribution in [-0.4, -0.2) is 32.7 Å². The number of rotatable bonds is 8. The molecule has 1 aromatic rings. The van der Waals surface area contributed by atoms with E-state index in [0.717, 1.165) is 24.6 Å². The topological polar surface area (TPSA) is 21.7 Å². The maximum absolute atomic E-state index is 5.41. The first-order valence-corrected chi connectivity index (χ1v) is 6.60. The van der Waals surface area contributed by atoms with Gasteiger partial charge in [-0.15, -0.1) is 0 Å². The molecule has 0 bridgehead atoms. The summed E-state index contributed by atoms with van der Waals surface area (Å²) in [5, 5.41) is 0. The largest absolute Gasteiger partial charge is 0.497 e. The second-order valence-corrected chi connectivity index (χ2v) is 4.62. The Kier molecular flexibility index (Phi) is 6.58. The first kappa shape index (κ1) is 14.8. The SMILES string of the molecule is CCCCCN(C)Cc1ccc(OC)cc1OC. The summed E-state index contributed by atoms with van der Waals surface area (Å²) in [7, 11) is 5.53. The van der Waals surface area contributed by atoms with Crippen LogP contribution in [0.4, 0.5) is 0 Å². The third-order valence-corrected chi connectivity index (χ3v) is 3.08. The number of hydrogen-bond donors (Lipinski definition) is 0. The van der Waals surface area contributed by atoms with Crippen LogP contribution in [0.1, 0.15) is 31.7 Å². The second-order valence-electron chi connectivity index (χ2n) is 4.62. The number of hydrogen-bond acceptors (Lipinski definition) is 3. The molecule has 0 spiro atoms. The molecular weight excluding hydrogens is 226 g/mol. The molecule has 0 N–H and O–H groups in total. The third kappa shape index (κ3) is 4.57. The zero-order valence-electron chi connectivity index (χ0n) is 12.0. The van der Waals surface area contributed by atoms with Crippen LogP contribution < -0.4 is 9.47 Å². The van der Waals surface area contributed by atoms with E-state index in [0.29, 0.717) is 0 Å². The highest BCUT2D eigenvalue weighted by Crippen LogP contribution is 2.25. The van der Waals surface area contributed by atoms with Gasteiger partial charge < -0.3 is 14.4 Å². The third-order valence-electron chi connectivity index (χ3n) is 3.08. The van der Waals surface area contributed by atoms with Crippen molar-refractivity contribution in [2.45, 2.75) is 32.7 Å². The minimum Gasteiger partial charge on any atom is -0.497 e. The zero-order chi connectivity index (χ0) is 13.4. The first-order valence-electron chi connectivity index (χ1n) is 6.60. The minimum absolute atomic E-state index is 0.837. The fraction of sp³-hybridized carbons (Fsp3) is 0.600. The van der Waals surface area contributed by atoms with E-state index >= 15 is 0 Å². The predicted octanol–water partition coefficient (Wildman–Crippen LogP) is 3.33. The van der Waals surface area contributed by atoms with E-state index in [1.807, 2.05) is 12.1 Å². The molecule has 0 heterocycles. The smallest absolute Gasteiger partial charge is 0.127 e. The highest BCUT2D eigenvalue weighted by molar-refractivity contribution is 5.40. The standard InChI is InChI=1S/C15H25NO2/c1-5-6-7-10-16(2)12-13-8-9-14(17-3)11-15(13)18-4/h8-9,11H,5-7,10,12H2,1-4H3. The molecule has 0 aromatic heterocycles. The van der Waals surface area contributed by atoms with E-state index < -0.39 is 0 Å².